The molecule has 0 saturated carbocycles. The summed E-state index contributed by atoms with van der Waals surface area (Å²) in [4.78, 5) is 22.0. The van der Waals surface area contributed by atoms with Crippen LogP contribution in [0.5, 0.6) is 6.01 Å². The minimum absolute atomic E-state index is 0.0930. The molecule has 0 aliphatic carbocycles. The van der Waals surface area contributed by atoms with E-state index in [0.29, 0.717) is 22.5 Å². The highest BCUT2D eigenvalue weighted by atomic mass is 19.1. The fourth-order valence-corrected chi connectivity index (χ4v) is 3.83. The van der Waals surface area contributed by atoms with Crippen LogP contribution in [0.2, 0.25) is 0 Å². The van der Waals surface area contributed by atoms with Crippen molar-refractivity contribution in [2.75, 3.05) is 20.2 Å². The summed E-state index contributed by atoms with van der Waals surface area (Å²) in [7, 11) is 3.36. The molecule has 146 valence electrons. The first kappa shape index (κ1) is 18.4. The normalized spacial score (nSPS) is 15.0. The third-order valence-corrected chi connectivity index (χ3v) is 5.15. The van der Waals surface area contributed by atoms with E-state index in [1.165, 1.54) is 19.2 Å². The number of benzene rings is 1. The first-order valence-electron chi connectivity index (χ1n) is 9.25. The Balaban J connectivity index is 1.96. The van der Waals surface area contributed by atoms with E-state index in [9.17, 15) is 9.18 Å². The van der Waals surface area contributed by atoms with Crippen molar-refractivity contribution in [3.8, 4) is 28.5 Å². The lowest BCUT2D eigenvalue weighted by atomic mass is 10.0. The van der Waals surface area contributed by atoms with Crippen molar-refractivity contribution in [3.05, 3.63) is 52.7 Å². The summed E-state index contributed by atoms with van der Waals surface area (Å²) in [6.45, 7) is 1.73. The van der Waals surface area contributed by atoms with E-state index in [2.05, 4.69) is 15.3 Å². The van der Waals surface area contributed by atoms with E-state index in [1.54, 1.807) is 29.1 Å². The average Bonchev–Trinajstić information content (AvgIpc) is 2.99. The van der Waals surface area contributed by atoms with Crippen molar-refractivity contribution < 1.29 is 9.13 Å². The Labute approximate surface area is 161 Å². The fourth-order valence-electron chi connectivity index (χ4n) is 3.83. The molecule has 1 aliphatic rings. The standard InChI is InChI=1S/C20H22FN5O2/c1-25-18(16-9-12-23-20(24-16)28-2)17(13-3-5-14(21)6-4-13)19(27)26(25)15-7-10-22-11-8-15/h3-6,9,12,15,22H,7-8,10-11H2,1-2H3. The van der Waals surface area contributed by atoms with Gasteiger partial charge in [-0.25, -0.2) is 14.1 Å². The highest BCUT2D eigenvalue weighted by molar-refractivity contribution is 5.79. The van der Waals surface area contributed by atoms with Gasteiger partial charge in [0.05, 0.1) is 30.1 Å². The van der Waals surface area contributed by atoms with Crippen LogP contribution in [-0.2, 0) is 7.05 Å². The molecule has 0 amide bonds. The molecule has 0 spiro atoms. The molecule has 2 aromatic heterocycles. The number of hydrogen-bond donors (Lipinski definition) is 1. The molecule has 28 heavy (non-hydrogen) atoms. The lowest BCUT2D eigenvalue weighted by Gasteiger charge is -2.25. The van der Waals surface area contributed by atoms with Gasteiger partial charge in [-0.1, -0.05) is 12.1 Å². The Morgan fingerprint density at radius 2 is 1.89 bits per heavy atom. The van der Waals surface area contributed by atoms with Gasteiger partial charge >= 0.3 is 6.01 Å². The number of halogens is 1. The number of methoxy groups -OCH3 is 1. The molecule has 1 saturated heterocycles. The summed E-state index contributed by atoms with van der Waals surface area (Å²) in [5.41, 5.74) is 2.30. The van der Waals surface area contributed by atoms with Crippen molar-refractivity contribution in [2.45, 2.75) is 18.9 Å². The molecule has 0 radical (unpaired) electrons. The Kier molecular flexibility index (Phi) is 4.95. The van der Waals surface area contributed by atoms with Crippen molar-refractivity contribution in [1.29, 1.82) is 0 Å². The van der Waals surface area contributed by atoms with Gasteiger partial charge in [0, 0.05) is 13.2 Å². The highest BCUT2D eigenvalue weighted by Crippen LogP contribution is 2.31. The maximum atomic E-state index is 13.5. The minimum Gasteiger partial charge on any atom is -0.467 e. The maximum absolute atomic E-state index is 13.5. The predicted octanol–water partition coefficient (Wildman–Crippen LogP) is 2.38. The fraction of sp³-hybridized carbons (Fsp3) is 0.350. The summed E-state index contributed by atoms with van der Waals surface area (Å²) >= 11 is 0. The molecule has 1 N–H and O–H groups in total. The number of nitrogens with zero attached hydrogens (tertiary/aromatic N) is 4. The van der Waals surface area contributed by atoms with E-state index in [0.717, 1.165) is 25.9 Å². The summed E-state index contributed by atoms with van der Waals surface area (Å²) in [5, 5.41) is 3.33. The molecule has 0 atom stereocenters. The van der Waals surface area contributed by atoms with Gasteiger partial charge < -0.3 is 10.1 Å². The first-order valence-corrected chi connectivity index (χ1v) is 9.25. The third-order valence-electron chi connectivity index (χ3n) is 5.15. The van der Waals surface area contributed by atoms with Crippen LogP contribution in [0, 0.1) is 5.82 Å². The molecular weight excluding hydrogens is 361 g/mol. The molecule has 7 nitrogen and oxygen atoms in total. The zero-order valence-electron chi connectivity index (χ0n) is 15.9. The van der Waals surface area contributed by atoms with Gasteiger partial charge in [0.25, 0.3) is 5.56 Å². The van der Waals surface area contributed by atoms with Crippen LogP contribution in [0.3, 0.4) is 0 Å². The average molecular weight is 383 g/mol. The van der Waals surface area contributed by atoms with Gasteiger partial charge in [0.2, 0.25) is 0 Å². The van der Waals surface area contributed by atoms with Crippen LogP contribution < -0.4 is 15.6 Å². The Morgan fingerprint density at radius 3 is 2.57 bits per heavy atom. The van der Waals surface area contributed by atoms with Crippen LogP contribution in [0.15, 0.2) is 41.3 Å². The van der Waals surface area contributed by atoms with E-state index in [-0.39, 0.29) is 23.4 Å². The van der Waals surface area contributed by atoms with Gasteiger partial charge in [-0.05, 0) is 49.7 Å². The summed E-state index contributed by atoms with van der Waals surface area (Å²) in [5.74, 6) is -0.344. The van der Waals surface area contributed by atoms with E-state index < -0.39 is 0 Å². The Bertz CT molecular complexity index is 1040. The summed E-state index contributed by atoms with van der Waals surface area (Å²) in [6.07, 6.45) is 3.34. The number of ether oxygens (including phenoxy) is 1. The lowest BCUT2D eigenvalue weighted by molar-refractivity contribution is 0.307. The molecule has 8 heteroatoms. The van der Waals surface area contributed by atoms with Crippen molar-refractivity contribution in [2.24, 2.45) is 7.05 Å². The summed E-state index contributed by atoms with van der Waals surface area (Å²) in [6, 6.07) is 8.04. The molecular formula is C20H22FN5O2. The number of rotatable bonds is 4. The molecule has 0 unspecified atom stereocenters. The highest BCUT2D eigenvalue weighted by Gasteiger charge is 2.27. The number of hydrogen-bond acceptors (Lipinski definition) is 5. The van der Waals surface area contributed by atoms with Gasteiger partial charge in [-0.2, -0.15) is 4.98 Å². The van der Waals surface area contributed by atoms with E-state index >= 15 is 0 Å². The van der Waals surface area contributed by atoms with Crippen LogP contribution in [-0.4, -0.2) is 39.5 Å². The molecule has 1 fully saturated rings. The largest absolute Gasteiger partial charge is 0.467 e. The van der Waals surface area contributed by atoms with Crippen LogP contribution in [0.4, 0.5) is 4.39 Å². The quantitative estimate of drug-likeness (QED) is 0.749. The number of piperidine rings is 1. The van der Waals surface area contributed by atoms with Gasteiger partial charge in [-0.15, -0.1) is 0 Å². The van der Waals surface area contributed by atoms with E-state index in [1.807, 2.05) is 11.7 Å². The smallest absolute Gasteiger partial charge is 0.316 e. The first-order chi connectivity index (χ1) is 13.6. The molecule has 1 aromatic carbocycles. The summed E-state index contributed by atoms with van der Waals surface area (Å²) < 4.78 is 22.3. The van der Waals surface area contributed by atoms with Gasteiger partial charge in [0.15, 0.2) is 0 Å². The monoisotopic (exact) mass is 383 g/mol. The zero-order valence-corrected chi connectivity index (χ0v) is 15.9. The molecule has 0 bridgehead atoms. The second kappa shape index (κ2) is 7.55. The van der Waals surface area contributed by atoms with Crippen molar-refractivity contribution in [1.82, 2.24) is 24.6 Å². The number of nitrogens with one attached hydrogen (secondary N) is 1. The SMILES string of the molecule is COc1nccc(-c2c(-c3ccc(F)cc3)c(=O)n(C3CCNCC3)n2C)n1. The second-order valence-corrected chi connectivity index (χ2v) is 6.81. The Hall–Kier alpha value is -3.00. The molecule has 1 aliphatic heterocycles. The maximum Gasteiger partial charge on any atom is 0.316 e. The molecule has 3 heterocycles. The lowest BCUT2D eigenvalue weighted by Crippen LogP contribution is -2.35. The van der Waals surface area contributed by atoms with Crippen LogP contribution in [0.1, 0.15) is 18.9 Å². The van der Waals surface area contributed by atoms with E-state index in [4.69, 9.17) is 4.74 Å². The van der Waals surface area contributed by atoms with Crippen LogP contribution in [0.25, 0.3) is 22.5 Å². The third kappa shape index (κ3) is 3.20. The molecule has 3 aromatic rings. The second-order valence-electron chi connectivity index (χ2n) is 6.81. The Morgan fingerprint density at radius 1 is 1.18 bits per heavy atom. The topological polar surface area (TPSA) is 74.0 Å². The van der Waals surface area contributed by atoms with Crippen molar-refractivity contribution >= 4 is 0 Å². The van der Waals surface area contributed by atoms with Crippen LogP contribution >= 0.6 is 0 Å². The van der Waals surface area contributed by atoms with Crippen molar-refractivity contribution in [3.63, 3.8) is 0 Å². The minimum atomic E-state index is -0.344. The number of aromatic nitrogens is 4. The molecule has 4 rings (SSSR count). The zero-order chi connectivity index (χ0) is 19.7. The van der Waals surface area contributed by atoms with Gasteiger partial charge in [0.1, 0.15) is 5.82 Å². The van der Waals surface area contributed by atoms with Gasteiger partial charge in [-0.3, -0.25) is 9.48 Å². The predicted molar refractivity (Wildman–Crippen MR) is 104 cm³/mol.